The van der Waals surface area contributed by atoms with E-state index in [0.717, 1.165) is 30.5 Å². The van der Waals surface area contributed by atoms with E-state index in [0.29, 0.717) is 0 Å². The second-order valence-electron chi connectivity index (χ2n) is 4.57. The maximum Gasteiger partial charge on any atom is 0.327 e. The number of aromatic nitrogens is 2. The fourth-order valence-corrected chi connectivity index (χ4v) is 2.84. The van der Waals surface area contributed by atoms with Crippen LogP contribution in [0.4, 0.5) is 0 Å². The lowest BCUT2D eigenvalue weighted by Gasteiger charge is -2.23. The summed E-state index contributed by atoms with van der Waals surface area (Å²) < 4.78 is 1.91. The van der Waals surface area contributed by atoms with Crippen LogP contribution in [0.3, 0.4) is 0 Å². The average molecular weight is 231 g/mol. The van der Waals surface area contributed by atoms with Crippen molar-refractivity contribution in [3.8, 4) is 0 Å². The lowest BCUT2D eigenvalue weighted by molar-refractivity contribution is 0.204. The van der Waals surface area contributed by atoms with Crippen molar-refractivity contribution in [1.82, 2.24) is 14.5 Å². The van der Waals surface area contributed by atoms with Crippen LogP contribution in [-0.2, 0) is 0 Å². The number of fused-ring (bicyclic) bond motifs is 1. The second kappa shape index (κ2) is 4.04. The first-order valence-corrected chi connectivity index (χ1v) is 6.24. The molecule has 2 aromatic rings. The summed E-state index contributed by atoms with van der Waals surface area (Å²) in [5.41, 5.74) is 1.96. The molecule has 1 aliphatic heterocycles. The van der Waals surface area contributed by atoms with Crippen LogP contribution in [0.2, 0.25) is 0 Å². The molecule has 3 rings (SSSR count). The molecule has 90 valence electrons. The van der Waals surface area contributed by atoms with E-state index >= 15 is 0 Å². The van der Waals surface area contributed by atoms with E-state index in [1.165, 1.54) is 6.42 Å². The summed E-state index contributed by atoms with van der Waals surface area (Å²) in [6, 6.07) is 7.91. The molecule has 0 aliphatic carbocycles. The number of likely N-dealkylation sites (tertiary alicyclic amines) is 1. The Morgan fingerprint density at radius 3 is 3.06 bits per heavy atom. The van der Waals surface area contributed by atoms with Gasteiger partial charge in [0.05, 0.1) is 17.2 Å². The molecule has 17 heavy (non-hydrogen) atoms. The molecule has 0 saturated carbocycles. The quantitative estimate of drug-likeness (QED) is 0.858. The molecule has 1 aliphatic rings. The van der Waals surface area contributed by atoms with Gasteiger partial charge in [-0.2, -0.15) is 0 Å². The molecule has 2 heterocycles. The van der Waals surface area contributed by atoms with Crippen molar-refractivity contribution < 1.29 is 0 Å². The minimum Gasteiger partial charge on any atom is -0.305 e. The number of rotatable bonds is 2. The molecular weight excluding hydrogens is 214 g/mol. The van der Waals surface area contributed by atoms with Gasteiger partial charge >= 0.3 is 5.69 Å². The maximum atomic E-state index is 12.1. The molecule has 1 unspecified atom stereocenters. The molecule has 1 aromatic heterocycles. The summed E-state index contributed by atoms with van der Waals surface area (Å²) in [5.74, 6) is 0. The fraction of sp³-hybridized carbons (Fsp3) is 0.462. The SMILES string of the molecule is CCN1CCCC1n1c(=O)[nH]c2ccccc21. The Kier molecular flexibility index (Phi) is 2.52. The molecule has 4 heteroatoms. The van der Waals surface area contributed by atoms with E-state index in [2.05, 4.69) is 16.8 Å². The molecule has 1 aromatic carbocycles. The molecule has 0 amide bonds. The van der Waals surface area contributed by atoms with E-state index in [4.69, 9.17) is 0 Å². The first-order valence-electron chi connectivity index (χ1n) is 6.24. The van der Waals surface area contributed by atoms with Crippen LogP contribution in [0.1, 0.15) is 25.9 Å². The Balaban J connectivity index is 2.16. The number of hydrogen-bond acceptors (Lipinski definition) is 2. The normalized spacial score (nSPS) is 21.4. The van der Waals surface area contributed by atoms with Crippen molar-refractivity contribution >= 4 is 11.0 Å². The van der Waals surface area contributed by atoms with Gasteiger partial charge in [0.1, 0.15) is 0 Å². The standard InChI is InChI=1S/C13H17N3O/c1-2-15-9-5-8-12(15)16-11-7-4-3-6-10(11)14-13(16)17/h3-4,6-7,12H,2,5,8-9H2,1H3,(H,14,17). The summed E-state index contributed by atoms with van der Waals surface area (Å²) in [7, 11) is 0. The zero-order valence-electron chi connectivity index (χ0n) is 10.0. The number of nitrogens with one attached hydrogen (secondary N) is 1. The number of nitrogens with zero attached hydrogens (tertiary/aromatic N) is 2. The van der Waals surface area contributed by atoms with Gasteiger partial charge in [0, 0.05) is 6.54 Å². The van der Waals surface area contributed by atoms with Gasteiger partial charge in [-0.15, -0.1) is 0 Å². The number of imidazole rings is 1. The van der Waals surface area contributed by atoms with Crippen LogP contribution in [0.15, 0.2) is 29.1 Å². The van der Waals surface area contributed by atoms with E-state index < -0.39 is 0 Å². The van der Waals surface area contributed by atoms with Crippen molar-refractivity contribution in [1.29, 1.82) is 0 Å². The monoisotopic (exact) mass is 231 g/mol. The van der Waals surface area contributed by atoms with Crippen molar-refractivity contribution in [2.75, 3.05) is 13.1 Å². The van der Waals surface area contributed by atoms with Crippen LogP contribution >= 0.6 is 0 Å². The number of aromatic amines is 1. The molecule has 1 saturated heterocycles. The first-order chi connectivity index (χ1) is 8.31. The summed E-state index contributed by atoms with van der Waals surface area (Å²) in [6.07, 6.45) is 2.46. The van der Waals surface area contributed by atoms with Crippen molar-refractivity contribution in [2.24, 2.45) is 0 Å². The lowest BCUT2D eigenvalue weighted by Crippen LogP contribution is -2.32. The van der Waals surface area contributed by atoms with Gasteiger partial charge in [0.2, 0.25) is 0 Å². The van der Waals surface area contributed by atoms with Gasteiger partial charge in [0.15, 0.2) is 0 Å². The van der Waals surface area contributed by atoms with Gasteiger partial charge in [-0.3, -0.25) is 9.47 Å². The Bertz CT molecular complexity index is 584. The van der Waals surface area contributed by atoms with Crippen molar-refractivity contribution in [3.63, 3.8) is 0 Å². The highest BCUT2D eigenvalue weighted by Gasteiger charge is 2.27. The molecule has 4 nitrogen and oxygen atoms in total. The van der Waals surface area contributed by atoms with E-state index in [-0.39, 0.29) is 11.9 Å². The van der Waals surface area contributed by atoms with E-state index in [1.807, 2.05) is 28.8 Å². The Hall–Kier alpha value is -1.55. The molecule has 0 radical (unpaired) electrons. The van der Waals surface area contributed by atoms with Crippen LogP contribution in [0, 0.1) is 0 Å². The van der Waals surface area contributed by atoms with Crippen molar-refractivity contribution in [2.45, 2.75) is 25.9 Å². The third-order valence-electron chi connectivity index (χ3n) is 3.66. The zero-order chi connectivity index (χ0) is 11.8. The third kappa shape index (κ3) is 1.60. The first kappa shape index (κ1) is 10.6. The smallest absolute Gasteiger partial charge is 0.305 e. The van der Waals surface area contributed by atoms with E-state index in [9.17, 15) is 4.79 Å². The molecular formula is C13H17N3O. The second-order valence-corrected chi connectivity index (χ2v) is 4.57. The van der Waals surface area contributed by atoms with Crippen LogP contribution in [-0.4, -0.2) is 27.5 Å². The van der Waals surface area contributed by atoms with Crippen LogP contribution < -0.4 is 5.69 Å². The predicted molar refractivity (Wildman–Crippen MR) is 68.1 cm³/mol. The largest absolute Gasteiger partial charge is 0.327 e. The predicted octanol–water partition coefficient (Wildman–Crippen LogP) is 1.94. The maximum absolute atomic E-state index is 12.1. The summed E-state index contributed by atoms with van der Waals surface area (Å²) in [6.45, 7) is 4.24. The van der Waals surface area contributed by atoms with Gasteiger partial charge in [0.25, 0.3) is 0 Å². The summed E-state index contributed by atoms with van der Waals surface area (Å²) in [5, 5.41) is 0. The Morgan fingerprint density at radius 1 is 1.41 bits per heavy atom. The summed E-state index contributed by atoms with van der Waals surface area (Å²) >= 11 is 0. The highest BCUT2D eigenvalue weighted by molar-refractivity contribution is 5.75. The molecule has 0 bridgehead atoms. The van der Waals surface area contributed by atoms with Crippen LogP contribution in [0.5, 0.6) is 0 Å². The summed E-state index contributed by atoms with van der Waals surface area (Å²) in [4.78, 5) is 17.4. The highest BCUT2D eigenvalue weighted by atomic mass is 16.1. The number of benzene rings is 1. The minimum atomic E-state index is 0.0107. The van der Waals surface area contributed by atoms with Crippen LogP contribution in [0.25, 0.3) is 11.0 Å². The van der Waals surface area contributed by atoms with Gasteiger partial charge in [-0.25, -0.2) is 4.79 Å². The number of para-hydroxylation sites is 2. The fourth-order valence-electron chi connectivity index (χ4n) is 2.84. The molecule has 0 spiro atoms. The highest BCUT2D eigenvalue weighted by Crippen LogP contribution is 2.27. The molecule has 1 atom stereocenters. The number of hydrogen-bond donors (Lipinski definition) is 1. The van der Waals surface area contributed by atoms with Crippen molar-refractivity contribution in [3.05, 3.63) is 34.7 Å². The molecule has 1 N–H and O–H groups in total. The van der Waals surface area contributed by atoms with Gasteiger partial charge in [-0.1, -0.05) is 19.1 Å². The zero-order valence-corrected chi connectivity index (χ0v) is 10.0. The average Bonchev–Trinajstić information content (AvgIpc) is 2.90. The Morgan fingerprint density at radius 2 is 2.24 bits per heavy atom. The molecule has 1 fully saturated rings. The van der Waals surface area contributed by atoms with E-state index in [1.54, 1.807) is 0 Å². The lowest BCUT2D eigenvalue weighted by atomic mass is 10.3. The Labute approximate surface area is 99.9 Å². The third-order valence-corrected chi connectivity index (χ3v) is 3.66. The topological polar surface area (TPSA) is 41.0 Å². The number of H-pyrrole nitrogens is 1. The minimum absolute atomic E-state index is 0.0107. The van der Waals surface area contributed by atoms with Gasteiger partial charge < -0.3 is 4.98 Å². The van der Waals surface area contributed by atoms with Gasteiger partial charge in [-0.05, 0) is 31.5 Å².